The Balaban J connectivity index is 1.43. The molecule has 1 aliphatic rings. The molecule has 0 aliphatic heterocycles. The second-order valence-electron chi connectivity index (χ2n) is 11.4. The summed E-state index contributed by atoms with van der Waals surface area (Å²) >= 11 is 0. The van der Waals surface area contributed by atoms with E-state index < -0.39 is 0 Å². The zero-order valence-electron chi connectivity index (χ0n) is 23.1. The molecule has 0 amide bonds. The van der Waals surface area contributed by atoms with Crippen LogP contribution in [0, 0.1) is 0 Å². The van der Waals surface area contributed by atoms with Gasteiger partial charge in [0.1, 0.15) is 5.69 Å². The van der Waals surface area contributed by atoms with Crippen LogP contribution in [0.15, 0.2) is 140 Å². The van der Waals surface area contributed by atoms with E-state index in [1.807, 2.05) is 0 Å². The third kappa shape index (κ3) is 3.03. The fourth-order valence-electron chi connectivity index (χ4n) is 7.28. The molecule has 3 nitrogen and oxygen atoms in total. The van der Waals surface area contributed by atoms with E-state index in [9.17, 15) is 0 Å². The van der Waals surface area contributed by atoms with E-state index in [2.05, 4.69) is 144 Å². The number of nitrogens with zero attached hydrogens (tertiary/aromatic N) is 3. The van der Waals surface area contributed by atoms with Crippen LogP contribution in [0.3, 0.4) is 0 Å². The minimum Gasteiger partial charge on any atom is -0.292 e. The normalized spacial score (nSPS) is 12.2. The zero-order valence-corrected chi connectivity index (χ0v) is 23.1. The van der Waals surface area contributed by atoms with E-state index in [4.69, 9.17) is 9.97 Å². The van der Waals surface area contributed by atoms with E-state index in [1.54, 1.807) is 0 Å². The summed E-state index contributed by atoms with van der Waals surface area (Å²) in [4.78, 5) is 10.9. The molecule has 3 heteroatoms. The van der Waals surface area contributed by atoms with Crippen molar-refractivity contribution in [1.82, 2.24) is 14.5 Å². The fourth-order valence-corrected chi connectivity index (χ4v) is 7.28. The van der Waals surface area contributed by atoms with Crippen LogP contribution >= 0.6 is 0 Å². The fraction of sp³-hybridized carbons (Fsp3) is 0. The van der Waals surface area contributed by atoms with Crippen LogP contribution in [0.2, 0.25) is 0 Å². The number of rotatable bonds is 2. The van der Waals surface area contributed by atoms with Gasteiger partial charge in [-0.15, -0.1) is 0 Å². The van der Waals surface area contributed by atoms with Crippen molar-refractivity contribution >= 4 is 54.4 Å². The Morgan fingerprint density at radius 2 is 1.07 bits per heavy atom. The van der Waals surface area contributed by atoms with Gasteiger partial charge in [-0.05, 0) is 56.6 Å². The molecule has 0 saturated heterocycles. The maximum Gasteiger partial charge on any atom is 0.165 e. The minimum absolute atomic E-state index is 0.844. The van der Waals surface area contributed by atoms with E-state index in [0.29, 0.717) is 0 Å². The van der Waals surface area contributed by atoms with Gasteiger partial charge >= 0.3 is 0 Å². The summed E-state index contributed by atoms with van der Waals surface area (Å²) < 4.78 is 2.35. The van der Waals surface area contributed by atoms with Gasteiger partial charge < -0.3 is 0 Å². The smallest absolute Gasteiger partial charge is 0.165 e. The molecule has 0 saturated carbocycles. The third-order valence-corrected chi connectivity index (χ3v) is 9.11. The molecule has 0 N–H and O–H groups in total. The van der Waals surface area contributed by atoms with Gasteiger partial charge in [-0.25, -0.2) is 9.97 Å². The Morgan fingerprint density at radius 1 is 0.419 bits per heavy atom. The first-order valence-corrected chi connectivity index (χ1v) is 14.7. The van der Waals surface area contributed by atoms with E-state index in [-0.39, 0.29) is 0 Å². The van der Waals surface area contributed by atoms with Gasteiger partial charge in [-0.1, -0.05) is 121 Å². The predicted molar refractivity (Wildman–Crippen MR) is 179 cm³/mol. The Hall–Kier alpha value is -5.80. The topological polar surface area (TPSA) is 30.7 Å². The van der Waals surface area contributed by atoms with Crippen molar-refractivity contribution in [2.24, 2.45) is 0 Å². The maximum atomic E-state index is 5.44. The number of hydrogen-bond acceptors (Lipinski definition) is 2. The van der Waals surface area contributed by atoms with E-state index in [0.717, 1.165) is 49.9 Å². The van der Waals surface area contributed by atoms with Crippen molar-refractivity contribution < 1.29 is 0 Å². The molecule has 9 aromatic rings. The lowest BCUT2D eigenvalue weighted by atomic mass is 9.93. The third-order valence-electron chi connectivity index (χ3n) is 9.11. The van der Waals surface area contributed by atoms with Crippen LogP contribution < -0.4 is 0 Å². The molecule has 0 fully saturated rings. The number of hydrogen-bond donors (Lipinski definition) is 0. The van der Waals surface area contributed by atoms with Crippen molar-refractivity contribution in [1.29, 1.82) is 0 Å². The predicted octanol–water partition coefficient (Wildman–Crippen LogP) is 10.3. The molecule has 43 heavy (non-hydrogen) atoms. The second kappa shape index (κ2) is 8.37. The van der Waals surface area contributed by atoms with Gasteiger partial charge in [0.2, 0.25) is 0 Å². The monoisotopic (exact) mass is 545 g/mol. The molecule has 7 aromatic carbocycles. The Bertz CT molecular complexity index is 2610. The number of benzene rings is 7. The Morgan fingerprint density at radius 3 is 1.93 bits per heavy atom. The van der Waals surface area contributed by atoms with Gasteiger partial charge in [0.25, 0.3) is 0 Å². The molecule has 198 valence electrons. The first-order valence-electron chi connectivity index (χ1n) is 14.7. The van der Waals surface area contributed by atoms with Gasteiger partial charge in [0.05, 0.1) is 22.1 Å². The molecule has 2 heterocycles. The Labute approximate surface area is 247 Å². The standard InChI is InChI=1S/C40H23N3/c1-2-11-26(12-3-1)38-40(41-32-22-20-24-10-4-5-14-27(24)39(32)42-38)43-33-19-9-18-31-29-16-7-6-15-28(29)30-17-8-13-25-21-23-34(43)37(35(25)30)36(31)33/h1-23H. The largest absolute Gasteiger partial charge is 0.292 e. The molecule has 2 aromatic heterocycles. The van der Waals surface area contributed by atoms with Gasteiger partial charge in [0.15, 0.2) is 5.82 Å². The van der Waals surface area contributed by atoms with Crippen LogP contribution in [-0.2, 0) is 0 Å². The van der Waals surface area contributed by atoms with Crippen molar-refractivity contribution in [2.45, 2.75) is 0 Å². The molecular formula is C40H23N3. The molecule has 0 atom stereocenters. The molecule has 0 radical (unpaired) electrons. The van der Waals surface area contributed by atoms with Crippen molar-refractivity contribution in [2.75, 3.05) is 0 Å². The van der Waals surface area contributed by atoms with E-state index >= 15 is 0 Å². The summed E-state index contributed by atoms with van der Waals surface area (Å²) in [7, 11) is 0. The average molecular weight is 546 g/mol. The quantitative estimate of drug-likeness (QED) is 0.202. The zero-order chi connectivity index (χ0) is 28.1. The summed E-state index contributed by atoms with van der Waals surface area (Å²) in [5, 5.41) is 7.35. The lowest BCUT2D eigenvalue weighted by molar-refractivity contribution is 1.08. The summed E-state index contributed by atoms with van der Waals surface area (Å²) in [6, 6.07) is 49.9. The van der Waals surface area contributed by atoms with Gasteiger partial charge in [-0.3, -0.25) is 4.57 Å². The summed E-state index contributed by atoms with van der Waals surface area (Å²) in [5.74, 6) is 0.844. The lowest BCUT2D eigenvalue weighted by Crippen LogP contribution is -2.04. The molecule has 0 bridgehead atoms. The van der Waals surface area contributed by atoms with Gasteiger partial charge in [-0.2, -0.15) is 0 Å². The van der Waals surface area contributed by atoms with Gasteiger partial charge in [0, 0.05) is 21.7 Å². The number of fused-ring (bicyclic) bond motifs is 6. The van der Waals surface area contributed by atoms with Crippen LogP contribution in [0.4, 0.5) is 0 Å². The van der Waals surface area contributed by atoms with Crippen LogP contribution in [-0.4, -0.2) is 14.5 Å². The highest BCUT2D eigenvalue weighted by atomic mass is 15.1. The van der Waals surface area contributed by atoms with Crippen LogP contribution in [0.25, 0.3) is 93.7 Å². The molecule has 0 unspecified atom stereocenters. The summed E-state index contributed by atoms with van der Waals surface area (Å²) in [5.41, 5.74) is 11.1. The molecule has 10 rings (SSSR count). The second-order valence-corrected chi connectivity index (χ2v) is 11.4. The van der Waals surface area contributed by atoms with Crippen LogP contribution in [0.5, 0.6) is 0 Å². The lowest BCUT2D eigenvalue weighted by Gasteiger charge is -2.16. The summed E-state index contributed by atoms with van der Waals surface area (Å²) in [6.07, 6.45) is 0. The van der Waals surface area contributed by atoms with Crippen LogP contribution in [0.1, 0.15) is 0 Å². The van der Waals surface area contributed by atoms with Crippen molar-refractivity contribution in [3.63, 3.8) is 0 Å². The molecule has 0 spiro atoms. The highest BCUT2D eigenvalue weighted by Gasteiger charge is 2.26. The molecular weight excluding hydrogens is 522 g/mol. The van der Waals surface area contributed by atoms with Crippen molar-refractivity contribution in [3.8, 4) is 39.3 Å². The number of aromatic nitrogens is 3. The van der Waals surface area contributed by atoms with Crippen molar-refractivity contribution in [3.05, 3.63) is 140 Å². The minimum atomic E-state index is 0.844. The first kappa shape index (κ1) is 22.8. The first-order chi connectivity index (χ1) is 21.3. The molecule has 1 aliphatic carbocycles. The average Bonchev–Trinajstić information content (AvgIpc) is 3.36. The Kier molecular flexibility index (Phi) is 4.45. The highest BCUT2D eigenvalue weighted by molar-refractivity contribution is 6.30. The SMILES string of the molecule is c1ccc(-c2nc3c(ccc4ccccc43)nc2-n2c3cccc4c3c3c5c(cccc5ccc32)-c2ccccc2-4)cc1. The maximum absolute atomic E-state index is 5.44. The highest BCUT2D eigenvalue weighted by Crippen LogP contribution is 2.49. The summed E-state index contributed by atoms with van der Waals surface area (Å²) in [6.45, 7) is 0. The van der Waals surface area contributed by atoms with E-state index in [1.165, 1.54) is 43.8 Å².